The third kappa shape index (κ3) is 2.07. The van der Waals surface area contributed by atoms with Crippen molar-refractivity contribution in [3.8, 4) is 0 Å². The highest BCUT2D eigenvalue weighted by Gasteiger charge is 2.10. The lowest BCUT2D eigenvalue weighted by Crippen LogP contribution is -2.06. The highest BCUT2D eigenvalue weighted by Crippen LogP contribution is 2.36. The van der Waals surface area contributed by atoms with E-state index in [4.69, 9.17) is 11.6 Å². The molecule has 1 N–H and O–H groups in total. The average Bonchev–Trinajstić information content (AvgIpc) is 2.78. The Morgan fingerprint density at radius 3 is 3.05 bits per heavy atom. The van der Waals surface area contributed by atoms with Crippen molar-refractivity contribution in [2.75, 3.05) is 5.32 Å². The molecule has 0 aliphatic heterocycles. The van der Waals surface area contributed by atoms with Gasteiger partial charge in [-0.2, -0.15) is 0 Å². The number of nitrogens with one attached hydrogen (secondary N) is 1. The van der Waals surface area contributed by atoms with Gasteiger partial charge in [0.05, 0.1) is 10.2 Å². The Labute approximate surface area is 117 Å². The van der Waals surface area contributed by atoms with Crippen LogP contribution in [0.15, 0.2) is 37.2 Å². The van der Waals surface area contributed by atoms with E-state index in [2.05, 4.69) is 21.9 Å². The van der Waals surface area contributed by atoms with E-state index in [1.807, 2.05) is 18.2 Å². The van der Waals surface area contributed by atoms with Crippen molar-refractivity contribution < 1.29 is 4.79 Å². The molecule has 2 aromatic heterocycles. The number of carbonyl (C=O) groups is 1. The number of aromatic nitrogens is 2. The van der Waals surface area contributed by atoms with E-state index in [0.29, 0.717) is 10.8 Å². The maximum absolute atomic E-state index is 11.3. The van der Waals surface area contributed by atoms with Gasteiger partial charge >= 0.3 is 0 Å². The molecule has 0 spiro atoms. The normalized spacial score (nSPS) is 10.8. The molecular weight excluding hydrogens is 282 g/mol. The van der Waals surface area contributed by atoms with Crippen molar-refractivity contribution in [1.82, 2.24) is 9.97 Å². The fourth-order valence-corrected chi connectivity index (χ4v) is 3.09. The van der Waals surface area contributed by atoms with Gasteiger partial charge in [0.2, 0.25) is 5.91 Å². The third-order valence-corrected chi connectivity index (χ3v) is 4.23. The molecule has 4 nitrogen and oxygen atoms in total. The van der Waals surface area contributed by atoms with Crippen molar-refractivity contribution in [3.05, 3.63) is 42.3 Å². The maximum Gasteiger partial charge on any atom is 0.247 e. The predicted octanol–water partition coefficient (Wildman–Crippen LogP) is 3.62. The lowest BCUT2D eigenvalue weighted by molar-refractivity contribution is -0.111. The Morgan fingerprint density at radius 2 is 2.26 bits per heavy atom. The average molecular weight is 290 g/mol. The molecule has 19 heavy (non-hydrogen) atoms. The van der Waals surface area contributed by atoms with Crippen LogP contribution in [0.3, 0.4) is 0 Å². The van der Waals surface area contributed by atoms with Crippen molar-refractivity contribution in [2.45, 2.75) is 0 Å². The summed E-state index contributed by atoms with van der Waals surface area (Å²) < 4.78 is 1.90. The molecule has 0 saturated carbocycles. The summed E-state index contributed by atoms with van der Waals surface area (Å²) in [5.74, 6) is -0.244. The van der Waals surface area contributed by atoms with Gasteiger partial charge in [0.1, 0.15) is 11.5 Å². The molecule has 0 atom stereocenters. The second-order valence-corrected chi connectivity index (χ2v) is 5.26. The van der Waals surface area contributed by atoms with Crippen LogP contribution in [-0.4, -0.2) is 15.9 Å². The summed E-state index contributed by atoms with van der Waals surface area (Å²) in [5, 5.41) is 4.12. The number of thiophene rings is 1. The minimum Gasteiger partial charge on any atom is -0.323 e. The summed E-state index contributed by atoms with van der Waals surface area (Å²) >= 11 is 7.58. The van der Waals surface area contributed by atoms with Gasteiger partial charge in [-0.1, -0.05) is 18.2 Å². The lowest BCUT2D eigenvalue weighted by Gasteiger charge is -2.01. The first-order chi connectivity index (χ1) is 9.19. The quantitative estimate of drug-likeness (QED) is 0.579. The zero-order valence-electron chi connectivity index (χ0n) is 9.68. The highest BCUT2D eigenvalue weighted by atomic mass is 35.5. The van der Waals surface area contributed by atoms with E-state index >= 15 is 0 Å². The summed E-state index contributed by atoms with van der Waals surface area (Å²) in [4.78, 5) is 19.5. The zero-order valence-corrected chi connectivity index (χ0v) is 11.3. The van der Waals surface area contributed by atoms with Crippen LogP contribution in [0.1, 0.15) is 0 Å². The number of hydrogen-bond donors (Lipinski definition) is 1. The molecule has 1 aromatic carbocycles. The fourth-order valence-electron chi connectivity index (χ4n) is 1.82. The number of amides is 1. The standard InChI is InChI=1S/C13H8ClN3OS/c1-2-10(18)17-7-3-4-9-8(5-7)11-12(19-9)13(14)16-6-15-11/h2-6H,1H2,(H,17,18). The number of benzene rings is 1. The molecule has 0 bridgehead atoms. The van der Waals surface area contributed by atoms with Crippen LogP contribution in [-0.2, 0) is 4.79 Å². The Kier molecular flexibility index (Phi) is 2.93. The SMILES string of the molecule is C=CC(=O)Nc1ccc2sc3c(Cl)ncnc3c2c1. The molecule has 6 heteroatoms. The molecule has 0 saturated heterocycles. The topological polar surface area (TPSA) is 54.9 Å². The van der Waals surface area contributed by atoms with E-state index in [1.165, 1.54) is 23.7 Å². The number of hydrogen-bond acceptors (Lipinski definition) is 4. The summed E-state index contributed by atoms with van der Waals surface area (Å²) in [5.41, 5.74) is 1.50. The smallest absolute Gasteiger partial charge is 0.247 e. The predicted molar refractivity (Wildman–Crippen MR) is 78.8 cm³/mol. The van der Waals surface area contributed by atoms with Gasteiger partial charge < -0.3 is 5.32 Å². The zero-order chi connectivity index (χ0) is 13.4. The molecular formula is C13H8ClN3OS. The number of fused-ring (bicyclic) bond motifs is 3. The molecule has 3 rings (SSSR count). The first-order valence-corrected chi connectivity index (χ1v) is 6.64. The molecule has 3 aromatic rings. The summed E-state index contributed by atoms with van der Waals surface area (Å²) in [6.07, 6.45) is 2.67. The first-order valence-electron chi connectivity index (χ1n) is 5.45. The Hall–Kier alpha value is -1.98. The molecule has 94 valence electrons. The summed E-state index contributed by atoms with van der Waals surface area (Å²) in [6, 6.07) is 5.63. The van der Waals surface area contributed by atoms with Gasteiger partial charge in [0, 0.05) is 15.8 Å². The van der Waals surface area contributed by atoms with E-state index in [9.17, 15) is 4.79 Å². The van der Waals surface area contributed by atoms with Gasteiger partial charge in [0.15, 0.2) is 0 Å². The highest BCUT2D eigenvalue weighted by molar-refractivity contribution is 7.26. The van der Waals surface area contributed by atoms with Crippen LogP contribution in [0.4, 0.5) is 5.69 Å². The van der Waals surface area contributed by atoms with Crippen molar-refractivity contribution in [3.63, 3.8) is 0 Å². The van der Waals surface area contributed by atoms with E-state index in [1.54, 1.807) is 0 Å². The molecule has 2 heterocycles. The Morgan fingerprint density at radius 1 is 1.42 bits per heavy atom. The van der Waals surface area contributed by atoms with Gasteiger partial charge in [-0.05, 0) is 24.3 Å². The molecule has 0 aliphatic rings. The fraction of sp³-hybridized carbons (Fsp3) is 0. The molecule has 0 unspecified atom stereocenters. The third-order valence-electron chi connectivity index (χ3n) is 2.66. The van der Waals surface area contributed by atoms with Crippen LogP contribution >= 0.6 is 22.9 Å². The maximum atomic E-state index is 11.3. The van der Waals surface area contributed by atoms with Gasteiger partial charge in [-0.25, -0.2) is 9.97 Å². The van der Waals surface area contributed by atoms with Crippen molar-refractivity contribution >= 4 is 54.8 Å². The van der Waals surface area contributed by atoms with Crippen LogP contribution in [0.25, 0.3) is 20.3 Å². The van der Waals surface area contributed by atoms with E-state index < -0.39 is 0 Å². The van der Waals surface area contributed by atoms with Crippen LogP contribution in [0, 0.1) is 0 Å². The van der Waals surface area contributed by atoms with Gasteiger partial charge in [0.25, 0.3) is 0 Å². The number of anilines is 1. The Balaban J connectivity index is 2.21. The first kappa shape index (κ1) is 12.1. The van der Waals surface area contributed by atoms with Gasteiger partial charge in [-0.15, -0.1) is 11.3 Å². The number of nitrogens with zero attached hydrogens (tertiary/aromatic N) is 2. The van der Waals surface area contributed by atoms with Gasteiger partial charge in [-0.3, -0.25) is 4.79 Å². The second-order valence-electron chi connectivity index (χ2n) is 3.85. The Bertz CT molecular complexity index is 812. The summed E-state index contributed by atoms with van der Waals surface area (Å²) in [7, 11) is 0. The van der Waals surface area contributed by atoms with Crippen molar-refractivity contribution in [2.24, 2.45) is 0 Å². The minimum absolute atomic E-state index is 0.244. The molecule has 1 amide bonds. The van der Waals surface area contributed by atoms with Crippen molar-refractivity contribution in [1.29, 1.82) is 0 Å². The number of carbonyl (C=O) groups excluding carboxylic acids is 1. The summed E-state index contributed by atoms with van der Waals surface area (Å²) in [6.45, 7) is 3.42. The van der Waals surface area contributed by atoms with Crippen LogP contribution < -0.4 is 5.32 Å². The van der Waals surface area contributed by atoms with Crippen LogP contribution in [0.2, 0.25) is 5.15 Å². The van der Waals surface area contributed by atoms with E-state index in [0.717, 1.165) is 20.3 Å². The van der Waals surface area contributed by atoms with Crippen LogP contribution in [0.5, 0.6) is 0 Å². The lowest BCUT2D eigenvalue weighted by atomic mass is 10.2. The monoisotopic (exact) mass is 289 g/mol. The molecule has 0 aliphatic carbocycles. The number of halogens is 1. The molecule has 0 radical (unpaired) electrons. The second kappa shape index (κ2) is 4.60. The molecule has 0 fully saturated rings. The minimum atomic E-state index is -0.244. The van der Waals surface area contributed by atoms with E-state index in [-0.39, 0.29) is 5.91 Å². The largest absolute Gasteiger partial charge is 0.323 e. The number of rotatable bonds is 2.